The van der Waals surface area contributed by atoms with Crippen LogP contribution in [-0.2, 0) is 9.59 Å². The first-order valence-corrected chi connectivity index (χ1v) is 6.85. The molecular formula is C17H14N2O3. The second-order valence-electron chi connectivity index (χ2n) is 4.99. The van der Waals surface area contributed by atoms with Crippen LogP contribution in [0.15, 0.2) is 66.1 Å². The minimum absolute atomic E-state index is 0.0989. The van der Waals surface area contributed by atoms with Gasteiger partial charge >= 0.3 is 0 Å². The van der Waals surface area contributed by atoms with E-state index in [9.17, 15) is 14.7 Å². The Labute approximate surface area is 127 Å². The predicted molar refractivity (Wildman–Crippen MR) is 81.2 cm³/mol. The number of ketones is 1. The molecule has 5 heteroatoms. The van der Waals surface area contributed by atoms with Gasteiger partial charge in [-0.3, -0.25) is 14.5 Å². The number of benzene rings is 1. The van der Waals surface area contributed by atoms with Crippen LogP contribution in [-0.4, -0.2) is 21.8 Å². The van der Waals surface area contributed by atoms with E-state index in [1.807, 2.05) is 30.3 Å². The average molecular weight is 294 g/mol. The SMILES string of the molecule is CC(=O)C1=C(O)C(=O)N(c2ccccn2)[C@@H]1c1ccccc1. The van der Waals surface area contributed by atoms with Crippen molar-refractivity contribution in [3.05, 3.63) is 71.6 Å². The number of aliphatic hydroxyl groups is 1. The Bertz CT molecular complexity index is 754. The van der Waals surface area contributed by atoms with Crippen LogP contribution in [0.5, 0.6) is 0 Å². The van der Waals surface area contributed by atoms with E-state index < -0.39 is 17.7 Å². The number of carbonyl (C=O) groups is 2. The van der Waals surface area contributed by atoms with E-state index in [1.54, 1.807) is 24.4 Å². The van der Waals surface area contributed by atoms with Gasteiger partial charge in [0.15, 0.2) is 11.5 Å². The molecule has 0 saturated heterocycles. The van der Waals surface area contributed by atoms with Gasteiger partial charge in [-0.15, -0.1) is 0 Å². The number of anilines is 1. The molecule has 3 rings (SSSR count). The summed E-state index contributed by atoms with van der Waals surface area (Å²) in [7, 11) is 0. The van der Waals surface area contributed by atoms with Crippen LogP contribution < -0.4 is 4.90 Å². The van der Waals surface area contributed by atoms with E-state index in [4.69, 9.17) is 0 Å². The smallest absolute Gasteiger partial charge is 0.295 e. The van der Waals surface area contributed by atoms with Crippen LogP contribution in [0.1, 0.15) is 18.5 Å². The molecule has 5 nitrogen and oxygen atoms in total. The maximum absolute atomic E-state index is 12.4. The van der Waals surface area contributed by atoms with E-state index in [2.05, 4.69) is 4.98 Å². The van der Waals surface area contributed by atoms with Crippen LogP contribution in [0, 0.1) is 0 Å². The van der Waals surface area contributed by atoms with Crippen molar-refractivity contribution in [2.45, 2.75) is 13.0 Å². The monoisotopic (exact) mass is 294 g/mol. The van der Waals surface area contributed by atoms with Crippen molar-refractivity contribution in [1.82, 2.24) is 4.98 Å². The maximum Gasteiger partial charge on any atom is 0.295 e. The summed E-state index contributed by atoms with van der Waals surface area (Å²) in [6.07, 6.45) is 1.56. The number of hydrogen-bond donors (Lipinski definition) is 1. The van der Waals surface area contributed by atoms with Crippen molar-refractivity contribution in [3.8, 4) is 0 Å². The zero-order chi connectivity index (χ0) is 15.7. The summed E-state index contributed by atoms with van der Waals surface area (Å²) >= 11 is 0. The minimum atomic E-state index is -0.666. The molecule has 1 atom stereocenters. The Morgan fingerprint density at radius 3 is 2.41 bits per heavy atom. The molecule has 1 aliphatic heterocycles. The number of Topliss-reactive ketones (excluding diaryl/α,β-unsaturated/α-hetero) is 1. The zero-order valence-corrected chi connectivity index (χ0v) is 11.9. The second-order valence-corrected chi connectivity index (χ2v) is 4.99. The molecule has 1 N–H and O–H groups in total. The minimum Gasteiger partial charge on any atom is -0.503 e. The lowest BCUT2D eigenvalue weighted by molar-refractivity contribution is -0.117. The van der Waals surface area contributed by atoms with Crippen molar-refractivity contribution in [2.75, 3.05) is 4.90 Å². The van der Waals surface area contributed by atoms with E-state index in [1.165, 1.54) is 11.8 Å². The van der Waals surface area contributed by atoms with E-state index in [0.717, 1.165) is 5.56 Å². The maximum atomic E-state index is 12.4. The standard InChI is InChI=1S/C17H14N2O3/c1-11(20)14-15(12-7-3-2-4-8-12)19(17(22)16(14)21)13-9-5-6-10-18-13/h2-10,15,21H,1H3/t15-/m1/s1. The normalized spacial score (nSPS) is 18.0. The third-order valence-electron chi connectivity index (χ3n) is 3.60. The number of nitrogens with zero attached hydrogens (tertiary/aromatic N) is 2. The van der Waals surface area contributed by atoms with Gasteiger partial charge in [0.05, 0.1) is 11.6 Å². The lowest BCUT2D eigenvalue weighted by Crippen LogP contribution is -2.31. The lowest BCUT2D eigenvalue weighted by Gasteiger charge is -2.25. The highest BCUT2D eigenvalue weighted by Gasteiger charge is 2.43. The fraction of sp³-hybridized carbons (Fsp3) is 0.118. The van der Waals surface area contributed by atoms with E-state index in [0.29, 0.717) is 5.82 Å². The summed E-state index contributed by atoms with van der Waals surface area (Å²) < 4.78 is 0. The molecule has 1 aromatic carbocycles. The van der Waals surface area contributed by atoms with Gasteiger partial charge in [0.2, 0.25) is 0 Å². The quantitative estimate of drug-likeness (QED) is 0.944. The first-order chi connectivity index (χ1) is 10.6. The zero-order valence-electron chi connectivity index (χ0n) is 11.9. The van der Waals surface area contributed by atoms with Crippen LogP contribution in [0.2, 0.25) is 0 Å². The summed E-state index contributed by atoms with van der Waals surface area (Å²) in [5.74, 6) is -1.06. The van der Waals surface area contributed by atoms with Crippen LogP contribution in [0.3, 0.4) is 0 Å². The number of pyridine rings is 1. The van der Waals surface area contributed by atoms with Gasteiger partial charge in [-0.1, -0.05) is 36.4 Å². The number of aliphatic hydroxyl groups excluding tert-OH is 1. The largest absolute Gasteiger partial charge is 0.503 e. The number of amides is 1. The Kier molecular flexibility index (Phi) is 3.47. The highest BCUT2D eigenvalue weighted by Crippen LogP contribution is 2.39. The highest BCUT2D eigenvalue weighted by atomic mass is 16.3. The van der Waals surface area contributed by atoms with Gasteiger partial charge < -0.3 is 5.11 Å². The molecule has 0 bridgehead atoms. The third kappa shape index (κ3) is 2.16. The van der Waals surface area contributed by atoms with Crippen molar-refractivity contribution in [2.24, 2.45) is 0 Å². The molecule has 1 amide bonds. The Balaban J connectivity index is 2.18. The van der Waals surface area contributed by atoms with Crippen molar-refractivity contribution >= 4 is 17.5 Å². The van der Waals surface area contributed by atoms with Gasteiger partial charge in [-0.05, 0) is 24.6 Å². The molecule has 2 aromatic rings. The first-order valence-electron chi connectivity index (χ1n) is 6.85. The molecule has 0 aliphatic carbocycles. The second kappa shape index (κ2) is 5.44. The molecule has 0 radical (unpaired) electrons. The van der Waals surface area contributed by atoms with Gasteiger partial charge in [0.1, 0.15) is 5.82 Å². The number of hydrogen-bond acceptors (Lipinski definition) is 4. The topological polar surface area (TPSA) is 70.5 Å². The Morgan fingerprint density at radius 1 is 1.14 bits per heavy atom. The molecule has 1 aliphatic rings. The summed E-state index contributed by atoms with van der Waals surface area (Å²) in [5.41, 5.74) is 0.845. The van der Waals surface area contributed by atoms with Gasteiger partial charge in [-0.25, -0.2) is 4.98 Å². The summed E-state index contributed by atoms with van der Waals surface area (Å²) in [6, 6.07) is 13.6. The van der Waals surface area contributed by atoms with Crippen LogP contribution in [0.25, 0.3) is 0 Å². The summed E-state index contributed by atoms with van der Waals surface area (Å²) in [4.78, 5) is 29.9. The Hall–Kier alpha value is -2.95. The predicted octanol–water partition coefficient (Wildman–Crippen LogP) is 2.57. The molecule has 22 heavy (non-hydrogen) atoms. The first kappa shape index (κ1) is 14.0. The van der Waals surface area contributed by atoms with Crippen molar-refractivity contribution in [1.29, 1.82) is 0 Å². The fourth-order valence-electron chi connectivity index (χ4n) is 2.65. The average Bonchev–Trinajstić information content (AvgIpc) is 2.81. The molecular weight excluding hydrogens is 280 g/mol. The molecule has 0 unspecified atom stereocenters. The van der Waals surface area contributed by atoms with E-state index >= 15 is 0 Å². The number of aromatic nitrogens is 1. The Morgan fingerprint density at radius 2 is 1.82 bits per heavy atom. The fourth-order valence-corrected chi connectivity index (χ4v) is 2.65. The molecule has 1 aromatic heterocycles. The molecule has 0 spiro atoms. The van der Waals surface area contributed by atoms with Gasteiger partial charge in [0, 0.05) is 6.20 Å². The molecule has 2 heterocycles. The number of carbonyl (C=O) groups excluding carboxylic acids is 2. The van der Waals surface area contributed by atoms with Crippen molar-refractivity contribution in [3.63, 3.8) is 0 Å². The van der Waals surface area contributed by atoms with E-state index in [-0.39, 0.29) is 11.4 Å². The van der Waals surface area contributed by atoms with Gasteiger partial charge in [0.25, 0.3) is 5.91 Å². The summed E-state index contributed by atoms with van der Waals surface area (Å²) in [5, 5.41) is 10.1. The molecule has 0 fully saturated rings. The third-order valence-corrected chi connectivity index (χ3v) is 3.60. The molecule has 0 saturated carbocycles. The summed E-state index contributed by atoms with van der Waals surface area (Å²) in [6.45, 7) is 1.34. The lowest BCUT2D eigenvalue weighted by atomic mass is 9.97. The number of rotatable bonds is 3. The van der Waals surface area contributed by atoms with Crippen LogP contribution in [0.4, 0.5) is 5.82 Å². The van der Waals surface area contributed by atoms with Crippen molar-refractivity contribution < 1.29 is 14.7 Å². The van der Waals surface area contributed by atoms with Crippen LogP contribution >= 0.6 is 0 Å². The highest BCUT2D eigenvalue weighted by molar-refractivity contribution is 6.15. The molecule has 110 valence electrons. The van der Waals surface area contributed by atoms with Gasteiger partial charge in [-0.2, -0.15) is 0 Å².